The van der Waals surface area contributed by atoms with Crippen LogP contribution in [0.3, 0.4) is 0 Å². The van der Waals surface area contributed by atoms with Crippen LogP contribution in [0.25, 0.3) is 0 Å². The van der Waals surface area contributed by atoms with E-state index in [0.717, 1.165) is 28.7 Å². The van der Waals surface area contributed by atoms with Gasteiger partial charge in [-0.15, -0.1) is 0 Å². The molecule has 0 fully saturated rings. The highest BCUT2D eigenvalue weighted by molar-refractivity contribution is 5.67. The maximum absolute atomic E-state index is 12.8. The predicted octanol–water partition coefficient (Wildman–Crippen LogP) is 4.84. The molecule has 3 atom stereocenters. The van der Waals surface area contributed by atoms with E-state index in [1.54, 1.807) is 6.20 Å². The van der Waals surface area contributed by atoms with Crippen molar-refractivity contribution >= 4 is 11.5 Å². The Bertz CT molecular complexity index is 992. The average molecular weight is 427 g/mol. The van der Waals surface area contributed by atoms with E-state index in [4.69, 9.17) is 0 Å². The van der Waals surface area contributed by atoms with E-state index in [9.17, 15) is 13.2 Å². The molecule has 3 N–H and O–H groups in total. The van der Waals surface area contributed by atoms with Crippen LogP contribution in [0, 0.1) is 0 Å². The summed E-state index contributed by atoms with van der Waals surface area (Å²) < 4.78 is 38.3. The van der Waals surface area contributed by atoms with Gasteiger partial charge in [-0.1, -0.05) is 43.3 Å². The minimum absolute atomic E-state index is 0.0112. The molecule has 1 aliphatic heterocycles. The second kappa shape index (κ2) is 8.93. The number of pyridine rings is 2. The van der Waals surface area contributed by atoms with Gasteiger partial charge in [-0.05, 0) is 35.2 Å². The Balaban J connectivity index is 1.48. The second-order valence-corrected chi connectivity index (χ2v) is 7.70. The Hall–Kier alpha value is -3.13. The quantitative estimate of drug-likeness (QED) is 0.526. The van der Waals surface area contributed by atoms with Gasteiger partial charge in [0.25, 0.3) is 0 Å². The highest BCUT2D eigenvalue weighted by Gasteiger charge is 2.32. The van der Waals surface area contributed by atoms with Crippen molar-refractivity contribution in [2.75, 3.05) is 23.7 Å². The lowest BCUT2D eigenvalue weighted by atomic mass is 9.96. The lowest BCUT2D eigenvalue weighted by molar-refractivity contribution is -0.141. The summed E-state index contributed by atoms with van der Waals surface area (Å²) in [5.41, 5.74) is 1.98. The standard InChI is InChI=1S/C23H24F3N5/c1-15(17-9-10-20(29-13-17)23(24,25)26)12-30-21(16-6-3-2-4-7-16)19-14-28-18-8-5-11-27-22(18)31-19/h2-11,13,15,19,21,28,30H,12,14H2,1H3,(H,27,31)/t15?,19-,21-/m1/s1. The van der Waals surface area contributed by atoms with Gasteiger partial charge in [0.05, 0.1) is 17.8 Å². The van der Waals surface area contributed by atoms with Gasteiger partial charge in [0, 0.05) is 25.5 Å². The number of halogens is 3. The number of aromatic nitrogens is 2. The molecule has 4 rings (SSSR count). The van der Waals surface area contributed by atoms with E-state index in [1.165, 1.54) is 12.3 Å². The van der Waals surface area contributed by atoms with Gasteiger partial charge in [0.15, 0.2) is 0 Å². The second-order valence-electron chi connectivity index (χ2n) is 7.70. The number of fused-ring (bicyclic) bond motifs is 1. The van der Waals surface area contributed by atoms with E-state index in [2.05, 4.69) is 38.1 Å². The molecule has 0 bridgehead atoms. The molecule has 0 aliphatic carbocycles. The van der Waals surface area contributed by atoms with Crippen LogP contribution >= 0.6 is 0 Å². The maximum atomic E-state index is 12.8. The van der Waals surface area contributed by atoms with E-state index < -0.39 is 11.9 Å². The molecular weight excluding hydrogens is 403 g/mol. The van der Waals surface area contributed by atoms with Gasteiger partial charge >= 0.3 is 6.18 Å². The molecule has 2 aromatic heterocycles. The van der Waals surface area contributed by atoms with Crippen molar-refractivity contribution in [1.82, 2.24) is 15.3 Å². The zero-order valence-electron chi connectivity index (χ0n) is 17.0. The number of hydrogen-bond acceptors (Lipinski definition) is 5. The first-order chi connectivity index (χ1) is 14.9. The van der Waals surface area contributed by atoms with Crippen LogP contribution in [0.5, 0.6) is 0 Å². The van der Waals surface area contributed by atoms with Crippen LogP contribution in [0.4, 0.5) is 24.7 Å². The fourth-order valence-corrected chi connectivity index (χ4v) is 3.75. The van der Waals surface area contributed by atoms with Gasteiger partial charge in [-0.25, -0.2) is 4.98 Å². The van der Waals surface area contributed by atoms with Crippen LogP contribution < -0.4 is 16.0 Å². The van der Waals surface area contributed by atoms with E-state index in [0.29, 0.717) is 13.1 Å². The first kappa shape index (κ1) is 21.1. The Labute approximate surface area is 179 Å². The van der Waals surface area contributed by atoms with Crippen LogP contribution in [-0.2, 0) is 6.18 Å². The Kier molecular flexibility index (Phi) is 6.08. The van der Waals surface area contributed by atoms with Crippen molar-refractivity contribution in [1.29, 1.82) is 0 Å². The van der Waals surface area contributed by atoms with Crippen molar-refractivity contribution in [3.05, 3.63) is 83.8 Å². The van der Waals surface area contributed by atoms with Gasteiger partial charge < -0.3 is 16.0 Å². The predicted molar refractivity (Wildman–Crippen MR) is 115 cm³/mol. The fraction of sp³-hybridized carbons (Fsp3) is 0.304. The van der Waals surface area contributed by atoms with Gasteiger partial charge in [0.1, 0.15) is 11.5 Å². The summed E-state index contributed by atoms with van der Waals surface area (Å²) in [6.07, 6.45) is -1.36. The molecule has 162 valence electrons. The van der Waals surface area contributed by atoms with E-state index >= 15 is 0 Å². The number of alkyl halides is 3. The van der Waals surface area contributed by atoms with Gasteiger partial charge in [-0.3, -0.25) is 4.98 Å². The largest absolute Gasteiger partial charge is 0.433 e. The number of benzene rings is 1. The monoisotopic (exact) mass is 427 g/mol. The molecule has 5 nitrogen and oxygen atoms in total. The highest BCUT2D eigenvalue weighted by atomic mass is 19.4. The Morgan fingerprint density at radius 1 is 1.03 bits per heavy atom. The molecule has 3 aromatic rings. The number of hydrogen-bond donors (Lipinski definition) is 3. The van der Waals surface area contributed by atoms with Crippen LogP contribution in [-0.4, -0.2) is 29.1 Å². The molecule has 0 amide bonds. The molecule has 1 unspecified atom stereocenters. The van der Waals surface area contributed by atoms with Crippen molar-refractivity contribution < 1.29 is 13.2 Å². The topological polar surface area (TPSA) is 61.9 Å². The number of nitrogens with zero attached hydrogens (tertiary/aromatic N) is 2. The molecule has 1 aliphatic rings. The first-order valence-corrected chi connectivity index (χ1v) is 10.2. The molecule has 8 heteroatoms. The molecule has 3 heterocycles. The molecule has 0 spiro atoms. The van der Waals surface area contributed by atoms with Gasteiger partial charge in [-0.2, -0.15) is 13.2 Å². The summed E-state index contributed by atoms with van der Waals surface area (Å²) in [6, 6.07) is 16.5. The summed E-state index contributed by atoms with van der Waals surface area (Å²) in [4.78, 5) is 8.00. The van der Waals surface area contributed by atoms with Crippen molar-refractivity contribution in [2.24, 2.45) is 0 Å². The summed E-state index contributed by atoms with van der Waals surface area (Å²) in [5.74, 6) is 0.796. The van der Waals surface area contributed by atoms with Crippen LogP contribution in [0.15, 0.2) is 67.0 Å². The highest BCUT2D eigenvalue weighted by Crippen LogP contribution is 2.30. The zero-order chi connectivity index (χ0) is 21.8. The minimum Gasteiger partial charge on any atom is -0.380 e. The summed E-state index contributed by atoms with van der Waals surface area (Å²) in [6.45, 7) is 3.27. The molecule has 0 saturated carbocycles. The van der Waals surface area contributed by atoms with Crippen LogP contribution in [0.1, 0.15) is 35.7 Å². The van der Waals surface area contributed by atoms with Gasteiger partial charge in [0.2, 0.25) is 0 Å². The summed E-state index contributed by atoms with van der Waals surface area (Å²) >= 11 is 0. The number of anilines is 2. The minimum atomic E-state index is -4.43. The average Bonchev–Trinajstić information content (AvgIpc) is 2.79. The first-order valence-electron chi connectivity index (χ1n) is 10.2. The number of nitrogens with one attached hydrogen (secondary N) is 3. The Morgan fingerprint density at radius 3 is 2.55 bits per heavy atom. The third kappa shape index (κ3) is 4.96. The normalized spacial score (nSPS) is 17.7. The van der Waals surface area contributed by atoms with Crippen molar-refractivity contribution in [3.8, 4) is 0 Å². The lowest BCUT2D eigenvalue weighted by Crippen LogP contribution is -2.45. The summed E-state index contributed by atoms with van der Waals surface area (Å²) in [5, 5.41) is 10.5. The molecule has 31 heavy (non-hydrogen) atoms. The summed E-state index contributed by atoms with van der Waals surface area (Å²) in [7, 11) is 0. The maximum Gasteiger partial charge on any atom is 0.433 e. The van der Waals surface area contributed by atoms with Crippen molar-refractivity contribution in [2.45, 2.75) is 31.1 Å². The van der Waals surface area contributed by atoms with Crippen LogP contribution in [0.2, 0.25) is 0 Å². The third-order valence-corrected chi connectivity index (χ3v) is 5.49. The van der Waals surface area contributed by atoms with E-state index in [1.807, 2.05) is 37.3 Å². The molecular formula is C23H24F3N5. The smallest absolute Gasteiger partial charge is 0.380 e. The lowest BCUT2D eigenvalue weighted by Gasteiger charge is -2.35. The number of rotatable bonds is 6. The fourth-order valence-electron chi connectivity index (χ4n) is 3.75. The molecule has 0 radical (unpaired) electrons. The third-order valence-electron chi connectivity index (χ3n) is 5.49. The molecule has 1 aromatic carbocycles. The Morgan fingerprint density at radius 2 is 1.84 bits per heavy atom. The molecule has 0 saturated heterocycles. The SMILES string of the molecule is CC(CN[C@H](c1ccccc1)[C@H]1CNc2cccnc2N1)c1ccc(C(F)(F)F)nc1. The van der Waals surface area contributed by atoms with Crippen molar-refractivity contribution in [3.63, 3.8) is 0 Å². The zero-order valence-corrected chi connectivity index (χ0v) is 17.0. The van der Waals surface area contributed by atoms with E-state index in [-0.39, 0.29) is 18.0 Å².